The minimum absolute atomic E-state index is 0.0369. The monoisotopic (exact) mass is 1630 g/mol. The minimum Gasteiger partial charge on any atom is -0.459 e. The Balaban J connectivity index is 0.000000407. The van der Waals surface area contributed by atoms with Crippen LogP contribution in [-0.4, -0.2) is 309 Å². The fourth-order valence-electron chi connectivity index (χ4n) is 18.5. The second-order valence-corrected chi connectivity index (χ2v) is 35.9. The van der Waals surface area contributed by atoms with Crippen LogP contribution in [0.3, 0.4) is 0 Å². The standard InChI is InChI=1S/C42H78N2O13.C42H74N2O13/c2*1-15-31-42(10,49)35(47)23(2)19-30(45)24(3)21-40(8,50-13)36(57-39-33(46)29(44(11)12)20-25(4)53-39)26(5)34(27(6)38(48)55-31)56-32-22-41(9,51-14)37(28(7)54-32)52-18-16-17-43/h23-29,31-37,39,46-47,49H,15-22,43H2,1-14H3;23-29,31-37,39,46-47,49H,15-16,18-22H2,1-14H3/t2*23-,24+,25+,26-,27+,28-,29-,31+,32-,33+,34-,35+,36+,37?,39-,40+,41+,42+/m00/s1. The molecule has 6 saturated heterocycles. The summed E-state index contributed by atoms with van der Waals surface area (Å²) in [6, 6.07) is 1.53. The van der Waals surface area contributed by atoms with Gasteiger partial charge in [0, 0.05) is 96.5 Å². The summed E-state index contributed by atoms with van der Waals surface area (Å²) in [4.78, 5) is 60.5. The Morgan fingerprint density at radius 3 is 1.14 bits per heavy atom. The van der Waals surface area contributed by atoms with E-state index in [1.807, 2.05) is 107 Å². The van der Waals surface area contributed by atoms with E-state index in [1.54, 1.807) is 76.7 Å². The van der Waals surface area contributed by atoms with E-state index < -0.39 is 204 Å². The Kier molecular flexibility index (Phi) is 38.8. The summed E-state index contributed by atoms with van der Waals surface area (Å²) in [7, 11) is 13.8. The summed E-state index contributed by atoms with van der Waals surface area (Å²) in [6.45, 7) is 36.6. The molecule has 6 aliphatic heterocycles. The number of aliphatic hydroxyl groups is 6. The van der Waals surface area contributed by atoms with Crippen LogP contribution in [-0.2, 0) is 95.0 Å². The van der Waals surface area contributed by atoms with Crippen molar-refractivity contribution in [3.05, 3.63) is 0 Å². The molecule has 0 amide bonds. The molecule has 0 saturated carbocycles. The van der Waals surface area contributed by atoms with Crippen LogP contribution < -0.4 is 5.73 Å². The number of likely N-dealkylation sites (N-methyl/N-ethyl adjacent to an activating group) is 2. The van der Waals surface area contributed by atoms with E-state index in [0.717, 1.165) is 0 Å². The molecule has 8 N–H and O–H groups in total. The average molecular weight is 1630 g/mol. The van der Waals surface area contributed by atoms with Crippen molar-refractivity contribution in [3.8, 4) is 6.07 Å². The maximum absolute atomic E-state index is 14.4. The first-order chi connectivity index (χ1) is 53.0. The Morgan fingerprint density at radius 2 is 0.833 bits per heavy atom. The highest BCUT2D eigenvalue weighted by atomic mass is 16.7. The van der Waals surface area contributed by atoms with E-state index in [2.05, 4.69) is 6.07 Å². The third-order valence-corrected chi connectivity index (χ3v) is 26.0. The highest BCUT2D eigenvalue weighted by molar-refractivity contribution is 5.81. The van der Waals surface area contributed by atoms with Gasteiger partial charge in [-0.2, -0.15) is 5.26 Å². The topological polar surface area (TPSA) is 394 Å². The predicted octanol–water partition coefficient (Wildman–Crippen LogP) is 6.97. The SMILES string of the molecule is CC[C@H]1OC(=O)[C@H](C)[C@@H](O[C@H]2C[C@@](C)(OC)C(OCCC#N)[C@H](C)O2)[C@H](C)[C@@H](O[C@@H]2O[C@H](C)C[C@H](N(C)C)[C@H]2O)[C@](C)(OC)C[C@@H](C)C(=O)C[C@H](C)[C@@H](O)[C@]1(C)O.CC[C@H]1OC(=O)[C@H](C)[C@@H](O[C@H]2C[C@@](C)(OC)C(OCCCN)[C@H](C)O2)[C@H](C)[C@@H](O[C@@H]2O[C@H](C)C[C@H](N(C)C)[C@H]2O)[C@](C)(OC)C[C@@H](C)C(=O)C[C@H](C)[C@@H](O)[C@]1(C)O. The highest BCUT2D eigenvalue weighted by Gasteiger charge is 2.58. The number of cyclic esters (lactones) is 2. The van der Waals surface area contributed by atoms with Gasteiger partial charge in [-0.05, 0) is 175 Å². The summed E-state index contributed by atoms with van der Waals surface area (Å²) in [6.07, 6.45) is -14.5. The molecule has 6 rings (SSSR count). The first-order valence-corrected chi connectivity index (χ1v) is 41.7. The van der Waals surface area contributed by atoms with E-state index in [1.165, 1.54) is 21.0 Å². The van der Waals surface area contributed by atoms with Crippen LogP contribution in [0.15, 0.2) is 0 Å². The third kappa shape index (κ3) is 24.6. The van der Waals surface area contributed by atoms with Crippen molar-refractivity contribution in [1.29, 1.82) is 5.26 Å². The molecule has 30 heteroatoms. The highest BCUT2D eigenvalue weighted by Crippen LogP contribution is 2.46. The molecule has 0 aliphatic carbocycles. The van der Waals surface area contributed by atoms with Gasteiger partial charge in [0.2, 0.25) is 0 Å². The first kappa shape index (κ1) is 101. The summed E-state index contributed by atoms with van der Waals surface area (Å²) >= 11 is 0. The van der Waals surface area contributed by atoms with Crippen LogP contribution in [0.25, 0.3) is 0 Å². The van der Waals surface area contributed by atoms with E-state index in [4.69, 9.17) is 86.8 Å². The molecular weight excluding hydrogens is 1480 g/mol. The van der Waals surface area contributed by atoms with Crippen molar-refractivity contribution in [2.24, 2.45) is 53.1 Å². The van der Waals surface area contributed by atoms with Gasteiger partial charge >= 0.3 is 11.9 Å². The predicted molar refractivity (Wildman–Crippen MR) is 423 cm³/mol. The lowest BCUT2D eigenvalue weighted by molar-refractivity contribution is -0.322. The molecule has 6 aliphatic rings. The molecule has 0 aromatic heterocycles. The van der Waals surface area contributed by atoms with Crippen LogP contribution >= 0.6 is 0 Å². The van der Waals surface area contributed by atoms with Crippen LogP contribution in [0.4, 0.5) is 0 Å². The lowest BCUT2D eigenvalue weighted by atomic mass is 9.76. The van der Waals surface area contributed by atoms with Gasteiger partial charge in [-0.15, -0.1) is 0 Å². The van der Waals surface area contributed by atoms with E-state index in [0.29, 0.717) is 32.4 Å². The molecule has 664 valence electrons. The van der Waals surface area contributed by atoms with E-state index in [9.17, 15) is 49.8 Å². The number of esters is 2. The van der Waals surface area contributed by atoms with Gasteiger partial charge in [-0.1, -0.05) is 55.4 Å². The lowest BCUT2D eigenvalue weighted by Gasteiger charge is -2.50. The number of methoxy groups -OCH3 is 4. The molecule has 0 bridgehead atoms. The van der Waals surface area contributed by atoms with E-state index in [-0.39, 0.29) is 100 Å². The maximum atomic E-state index is 14.4. The van der Waals surface area contributed by atoms with Crippen molar-refractivity contribution in [2.45, 2.75) is 384 Å². The fourth-order valence-corrected chi connectivity index (χ4v) is 18.5. The number of ketones is 2. The summed E-state index contributed by atoms with van der Waals surface area (Å²) < 4.78 is 102. The quantitative estimate of drug-likeness (QED) is 0.0401. The molecule has 0 aromatic rings. The van der Waals surface area contributed by atoms with Crippen molar-refractivity contribution in [2.75, 3.05) is 76.4 Å². The van der Waals surface area contributed by atoms with Crippen LogP contribution in [0.2, 0.25) is 0 Å². The lowest BCUT2D eigenvalue weighted by Crippen LogP contribution is -2.61. The number of nitriles is 1. The number of hydrogen-bond acceptors (Lipinski definition) is 30. The van der Waals surface area contributed by atoms with Gasteiger partial charge in [0.25, 0.3) is 0 Å². The van der Waals surface area contributed by atoms with Crippen molar-refractivity contribution < 1.29 is 126 Å². The Morgan fingerprint density at radius 1 is 0.500 bits per heavy atom. The molecule has 6 heterocycles. The Bertz CT molecular complexity index is 3000. The molecule has 0 aromatic carbocycles. The molecule has 0 spiro atoms. The first-order valence-electron chi connectivity index (χ1n) is 41.7. The average Bonchev–Trinajstić information content (AvgIpc) is 1.07. The molecule has 0 radical (unpaired) electrons. The number of hydrogen-bond donors (Lipinski definition) is 7. The summed E-state index contributed by atoms with van der Waals surface area (Å²) in [5, 5.41) is 78.8. The number of Topliss-reactive ketones (excluding diaryl/α,β-unsaturated/α-hetero) is 2. The molecular formula is C84H152N4O26. The van der Waals surface area contributed by atoms with Gasteiger partial charge in [0.15, 0.2) is 25.2 Å². The maximum Gasteiger partial charge on any atom is 0.311 e. The minimum atomic E-state index is -1.89. The zero-order chi connectivity index (χ0) is 86.4. The second-order valence-electron chi connectivity index (χ2n) is 35.9. The zero-order valence-corrected chi connectivity index (χ0v) is 74.2. The number of carbonyl (C=O) groups excluding carboxylic acids is 4. The van der Waals surface area contributed by atoms with Gasteiger partial charge in [-0.25, -0.2) is 0 Å². The largest absolute Gasteiger partial charge is 0.459 e. The number of ether oxygens (including phenoxy) is 16. The number of nitrogens with zero attached hydrogens (tertiary/aromatic N) is 3. The summed E-state index contributed by atoms with van der Waals surface area (Å²) in [5.41, 5.74) is -2.21. The molecule has 6 fully saturated rings. The van der Waals surface area contributed by atoms with Crippen molar-refractivity contribution >= 4 is 23.5 Å². The Hall–Kier alpha value is -3.15. The molecule has 114 heavy (non-hydrogen) atoms. The Labute approximate surface area is 680 Å². The molecule has 2 unspecified atom stereocenters. The number of aliphatic hydroxyl groups excluding tert-OH is 4. The zero-order valence-electron chi connectivity index (χ0n) is 74.2. The van der Waals surface area contributed by atoms with Gasteiger partial charge < -0.3 is 122 Å². The van der Waals surface area contributed by atoms with Gasteiger partial charge in [-0.3, -0.25) is 19.2 Å². The van der Waals surface area contributed by atoms with Gasteiger partial charge in [0.05, 0.1) is 114 Å². The van der Waals surface area contributed by atoms with E-state index >= 15 is 0 Å². The van der Waals surface area contributed by atoms with Crippen molar-refractivity contribution in [1.82, 2.24) is 9.80 Å². The smallest absolute Gasteiger partial charge is 0.311 e. The molecule has 36 atom stereocenters. The van der Waals surface area contributed by atoms with Crippen molar-refractivity contribution in [3.63, 3.8) is 0 Å². The van der Waals surface area contributed by atoms with Crippen LogP contribution in [0.1, 0.15) is 216 Å². The fraction of sp³-hybridized carbons (Fsp3) is 0.940. The summed E-state index contributed by atoms with van der Waals surface area (Å²) in [5.74, 6) is -7.62. The second kappa shape index (κ2) is 43.6. The third-order valence-electron chi connectivity index (χ3n) is 26.0. The number of rotatable bonds is 23. The normalized spacial score (nSPS) is 45.9. The number of carbonyl (C=O) groups is 4. The number of nitrogens with two attached hydrogens (primary N) is 1. The van der Waals surface area contributed by atoms with Crippen LogP contribution in [0.5, 0.6) is 0 Å². The molecule has 30 nitrogen and oxygen atoms in total. The van der Waals surface area contributed by atoms with Gasteiger partial charge in [0.1, 0.15) is 59.4 Å². The van der Waals surface area contributed by atoms with Crippen LogP contribution in [0, 0.1) is 58.7 Å².